The third-order valence-corrected chi connectivity index (χ3v) is 2.61. The number of hydrogen-bond acceptors (Lipinski definition) is 6. The number of nitrogens with zero attached hydrogens (tertiary/aromatic N) is 1. The fraction of sp³-hybridized carbons (Fsp3) is 0.286. The smallest absolute Gasteiger partial charge is 0.367 e. The quantitative estimate of drug-likeness (QED) is 0.467. The Hall–Kier alpha value is -2.50. The van der Waals surface area contributed by atoms with Crippen molar-refractivity contribution in [3.8, 4) is 11.5 Å². The number of cyclic esters (lactones) is 1. The van der Waals surface area contributed by atoms with E-state index in [0.717, 1.165) is 0 Å². The van der Waals surface area contributed by atoms with E-state index in [1.807, 2.05) is 6.92 Å². The highest BCUT2D eigenvalue weighted by molar-refractivity contribution is 6.11. The molecule has 1 aliphatic rings. The van der Waals surface area contributed by atoms with Crippen molar-refractivity contribution in [1.82, 2.24) is 0 Å². The molecule has 20 heavy (non-hydrogen) atoms. The van der Waals surface area contributed by atoms with Crippen molar-refractivity contribution in [2.45, 2.75) is 6.92 Å². The van der Waals surface area contributed by atoms with Crippen LogP contribution in [0, 0.1) is 0 Å². The van der Waals surface area contributed by atoms with Gasteiger partial charge in [0.25, 0.3) is 0 Å². The molecule has 0 bridgehead atoms. The highest BCUT2D eigenvalue weighted by Crippen LogP contribution is 2.29. The van der Waals surface area contributed by atoms with Crippen LogP contribution in [0.5, 0.6) is 11.5 Å². The third-order valence-electron chi connectivity index (χ3n) is 2.61. The molecule has 1 aromatic carbocycles. The van der Waals surface area contributed by atoms with Crippen LogP contribution in [0.4, 0.5) is 0 Å². The molecule has 1 aliphatic heterocycles. The summed E-state index contributed by atoms with van der Waals surface area (Å²) >= 11 is 0. The van der Waals surface area contributed by atoms with Gasteiger partial charge in [-0.25, -0.2) is 9.79 Å². The average Bonchev–Trinajstić information content (AvgIpc) is 2.85. The third kappa shape index (κ3) is 2.74. The van der Waals surface area contributed by atoms with Crippen molar-refractivity contribution < 1.29 is 23.7 Å². The number of benzene rings is 1. The largest absolute Gasteiger partial charge is 0.499 e. The summed E-state index contributed by atoms with van der Waals surface area (Å²) in [6, 6.07) is 5.14. The van der Waals surface area contributed by atoms with Crippen LogP contribution < -0.4 is 9.47 Å². The van der Waals surface area contributed by atoms with Gasteiger partial charge in [-0.15, -0.1) is 0 Å². The Bertz CT molecular complexity index is 577. The highest BCUT2D eigenvalue weighted by atomic mass is 16.6. The molecule has 0 saturated carbocycles. The molecule has 0 N–H and O–H groups in total. The van der Waals surface area contributed by atoms with Gasteiger partial charge in [0.2, 0.25) is 5.90 Å². The predicted molar refractivity (Wildman–Crippen MR) is 71.9 cm³/mol. The summed E-state index contributed by atoms with van der Waals surface area (Å²) < 4.78 is 20.5. The Labute approximate surface area is 116 Å². The van der Waals surface area contributed by atoms with Crippen LogP contribution in [0.3, 0.4) is 0 Å². The summed E-state index contributed by atoms with van der Waals surface area (Å²) in [5.74, 6) is 0.794. The van der Waals surface area contributed by atoms with Gasteiger partial charge in [-0.2, -0.15) is 0 Å². The summed E-state index contributed by atoms with van der Waals surface area (Å²) in [6.07, 6.45) is 1.29. The van der Waals surface area contributed by atoms with Gasteiger partial charge < -0.3 is 18.9 Å². The van der Waals surface area contributed by atoms with Crippen molar-refractivity contribution in [3.05, 3.63) is 35.7 Å². The van der Waals surface area contributed by atoms with E-state index >= 15 is 0 Å². The first-order chi connectivity index (χ1) is 9.69. The van der Waals surface area contributed by atoms with Crippen molar-refractivity contribution in [2.24, 2.45) is 4.99 Å². The highest BCUT2D eigenvalue weighted by Gasteiger charge is 2.25. The van der Waals surface area contributed by atoms with Gasteiger partial charge in [-0.1, -0.05) is 0 Å². The van der Waals surface area contributed by atoms with Crippen LogP contribution in [0.1, 0.15) is 12.5 Å². The van der Waals surface area contributed by atoms with Gasteiger partial charge in [0.15, 0.2) is 17.2 Å². The lowest BCUT2D eigenvalue weighted by molar-refractivity contribution is -0.130. The van der Waals surface area contributed by atoms with Gasteiger partial charge in [0.1, 0.15) is 6.26 Å². The summed E-state index contributed by atoms with van der Waals surface area (Å²) in [4.78, 5) is 15.7. The zero-order chi connectivity index (χ0) is 14.5. The molecular formula is C14H15NO5. The fourth-order valence-electron chi connectivity index (χ4n) is 1.65. The molecule has 106 valence electrons. The topological polar surface area (TPSA) is 66.3 Å². The lowest BCUT2D eigenvalue weighted by Gasteiger charge is -2.08. The first kappa shape index (κ1) is 13.9. The van der Waals surface area contributed by atoms with E-state index in [2.05, 4.69) is 4.99 Å². The van der Waals surface area contributed by atoms with Crippen LogP contribution >= 0.6 is 0 Å². The Balaban J connectivity index is 2.31. The van der Waals surface area contributed by atoms with Gasteiger partial charge in [0, 0.05) is 5.56 Å². The second-order valence-electron chi connectivity index (χ2n) is 3.83. The number of aliphatic imine (C=N–C) groups is 1. The molecule has 0 amide bonds. The van der Waals surface area contributed by atoms with E-state index in [9.17, 15) is 4.79 Å². The molecule has 0 aliphatic carbocycles. The average molecular weight is 277 g/mol. The standard InChI is InChI=1S/C14H15NO5/c1-4-19-8-10-14(16)20-13(15-10)9-5-6-11(17-2)12(7-9)18-3/h5-8H,4H2,1-3H3. The summed E-state index contributed by atoms with van der Waals surface area (Å²) in [5.41, 5.74) is 0.757. The molecule has 1 heterocycles. The number of esters is 1. The zero-order valence-corrected chi connectivity index (χ0v) is 11.5. The maximum Gasteiger partial charge on any atom is 0.367 e. The van der Waals surface area contributed by atoms with E-state index in [1.54, 1.807) is 25.3 Å². The molecule has 2 rings (SSSR count). The summed E-state index contributed by atoms with van der Waals surface area (Å²) in [5, 5.41) is 0. The van der Waals surface area contributed by atoms with E-state index in [-0.39, 0.29) is 11.6 Å². The lowest BCUT2D eigenvalue weighted by atomic mass is 10.2. The molecule has 0 radical (unpaired) electrons. The van der Waals surface area contributed by atoms with E-state index in [0.29, 0.717) is 23.7 Å². The van der Waals surface area contributed by atoms with Gasteiger partial charge >= 0.3 is 5.97 Å². The molecule has 6 nitrogen and oxygen atoms in total. The number of hydrogen-bond donors (Lipinski definition) is 0. The SMILES string of the molecule is CCOC=C1N=C(c2ccc(OC)c(OC)c2)OC1=O. The number of ether oxygens (including phenoxy) is 4. The molecule has 0 saturated heterocycles. The van der Waals surface area contributed by atoms with Crippen molar-refractivity contribution in [1.29, 1.82) is 0 Å². The van der Waals surface area contributed by atoms with E-state index in [1.165, 1.54) is 13.4 Å². The molecule has 0 aromatic heterocycles. The van der Waals surface area contributed by atoms with Crippen LogP contribution in [-0.4, -0.2) is 32.7 Å². The van der Waals surface area contributed by atoms with Crippen molar-refractivity contribution in [2.75, 3.05) is 20.8 Å². The Morgan fingerprint density at radius 1 is 1.25 bits per heavy atom. The second kappa shape index (κ2) is 6.10. The molecule has 6 heteroatoms. The number of methoxy groups -OCH3 is 2. The predicted octanol–water partition coefficient (Wildman–Crippen LogP) is 1.89. The van der Waals surface area contributed by atoms with Crippen molar-refractivity contribution >= 4 is 11.9 Å². The fourth-order valence-corrected chi connectivity index (χ4v) is 1.65. The molecule has 0 fully saturated rings. The zero-order valence-electron chi connectivity index (χ0n) is 11.5. The Morgan fingerprint density at radius 2 is 2.00 bits per heavy atom. The molecule has 0 unspecified atom stereocenters. The second-order valence-corrected chi connectivity index (χ2v) is 3.83. The number of carbonyl (C=O) groups is 1. The molecular weight excluding hydrogens is 262 g/mol. The van der Waals surface area contributed by atoms with E-state index < -0.39 is 5.97 Å². The van der Waals surface area contributed by atoms with Crippen LogP contribution in [0.25, 0.3) is 0 Å². The summed E-state index contributed by atoms with van der Waals surface area (Å²) in [7, 11) is 3.08. The summed E-state index contributed by atoms with van der Waals surface area (Å²) in [6.45, 7) is 2.27. The van der Waals surface area contributed by atoms with E-state index in [4.69, 9.17) is 18.9 Å². The minimum Gasteiger partial charge on any atom is -0.499 e. The normalized spacial score (nSPS) is 15.8. The lowest BCUT2D eigenvalue weighted by Crippen LogP contribution is -2.06. The van der Waals surface area contributed by atoms with Crippen LogP contribution in [-0.2, 0) is 14.3 Å². The monoisotopic (exact) mass is 277 g/mol. The van der Waals surface area contributed by atoms with Crippen molar-refractivity contribution in [3.63, 3.8) is 0 Å². The minimum atomic E-state index is -0.539. The minimum absolute atomic E-state index is 0.136. The Morgan fingerprint density at radius 3 is 2.65 bits per heavy atom. The van der Waals surface area contributed by atoms with Crippen LogP contribution in [0.2, 0.25) is 0 Å². The van der Waals surface area contributed by atoms with Gasteiger partial charge in [-0.05, 0) is 25.1 Å². The van der Waals surface area contributed by atoms with Gasteiger partial charge in [0.05, 0.1) is 20.8 Å². The molecule has 1 aromatic rings. The van der Waals surface area contributed by atoms with Gasteiger partial charge in [-0.3, -0.25) is 0 Å². The first-order valence-electron chi connectivity index (χ1n) is 6.04. The molecule has 0 spiro atoms. The Kier molecular flexibility index (Phi) is 4.24. The maximum atomic E-state index is 11.6. The number of rotatable bonds is 5. The molecule has 0 atom stereocenters. The van der Waals surface area contributed by atoms with Crippen LogP contribution in [0.15, 0.2) is 35.2 Å². The maximum absolute atomic E-state index is 11.6. The number of carbonyl (C=O) groups excluding carboxylic acids is 1. The first-order valence-corrected chi connectivity index (χ1v) is 6.04.